The fraction of sp³-hybridized carbons (Fsp3) is 0.353. The Morgan fingerprint density at radius 2 is 1.82 bits per heavy atom. The first-order valence-corrected chi connectivity index (χ1v) is 8.75. The van der Waals surface area contributed by atoms with Crippen molar-refractivity contribution in [3.63, 3.8) is 0 Å². The molecule has 0 aliphatic rings. The van der Waals surface area contributed by atoms with Crippen molar-refractivity contribution in [3.05, 3.63) is 30.6 Å². The van der Waals surface area contributed by atoms with E-state index < -0.39 is 5.54 Å². The minimum absolute atomic E-state index is 0.214. The summed E-state index contributed by atoms with van der Waals surface area (Å²) >= 11 is 0. The number of hydrogen-bond donors (Lipinski definition) is 3. The summed E-state index contributed by atoms with van der Waals surface area (Å²) in [6.07, 6.45) is 7.58. The predicted octanol–water partition coefficient (Wildman–Crippen LogP) is 0.889. The molecule has 0 aliphatic carbocycles. The maximum atomic E-state index is 5.52. The molecule has 0 unspecified atom stereocenters. The zero-order valence-electron chi connectivity index (χ0n) is 15.9. The van der Waals surface area contributed by atoms with E-state index in [0.29, 0.717) is 23.4 Å². The van der Waals surface area contributed by atoms with E-state index in [2.05, 4.69) is 57.5 Å². The third kappa shape index (κ3) is 4.29. The molecule has 0 atom stereocenters. The van der Waals surface area contributed by atoms with Crippen LogP contribution >= 0.6 is 0 Å². The molecule has 3 aromatic rings. The average Bonchev–Trinajstić information content (AvgIpc) is 3.27. The molecular weight excluding hydrogens is 358 g/mol. The van der Waals surface area contributed by atoms with Crippen LogP contribution in [0.1, 0.15) is 32.3 Å². The zero-order valence-corrected chi connectivity index (χ0v) is 15.9. The Kier molecular flexibility index (Phi) is 5.59. The van der Waals surface area contributed by atoms with Gasteiger partial charge in [0.2, 0.25) is 17.8 Å². The number of rotatable bonds is 6. The number of nitrogens with two attached hydrogens (primary N) is 1. The van der Waals surface area contributed by atoms with E-state index in [9.17, 15) is 0 Å². The highest BCUT2D eigenvalue weighted by molar-refractivity contribution is 5.44. The van der Waals surface area contributed by atoms with Crippen molar-refractivity contribution in [2.45, 2.75) is 32.2 Å². The van der Waals surface area contributed by atoms with Gasteiger partial charge in [0.15, 0.2) is 0 Å². The van der Waals surface area contributed by atoms with Crippen LogP contribution in [0.4, 0.5) is 17.8 Å². The molecule has 4 N–H and O–H groups in total. The molecule has 0 fully saturated rings. The van der Waals surface area contributed by atoms with Gasteiger partial charge in [0.1, 0.15) is 18.2 Å². The summed E-state index contributed by atoms with van der Waals surface area (Å²) in [6, 6.07) is 0. The minimum Gasteiger partial charge on any atom is -0.368 e. The quantitative estimate of drug-likeness (QED) is 0.528. The second kappa shape index (κ2) is 8.26. The molecule has 144 valence electrons. The van der Waals surface area contributed by atoms with Crippen LogP contribution in [-0.2, 0) is 0 Å². The highest BCUT2D eigenvalue weighted by Crippen LogP contribution is 2.21. The first-order chi connectivity index (χ1) is 13.6. The standard InChI is InChI=1S/C17H21N11/c1-4-17(5-2,7-6-12-8-21-13(18)22-9-12)27-15-24-14(19-3)25-16(26-15)28-11-20-10-23-28/h8-11H,4-5H2,1-3H3,(H2,18,21,22)(H2,19,24,25,26,27). The highest BCUT2D eigenvalue weighted by atomic mass is 15.4. The van der Waals surface area contributed by atoms with Crippen LogP contribution in [0.3, 0.4) is 0 Å². The second-order valence-electron chi connectivity index (χ2n) is 5.87. The Morgan fingerprint density at radius 1 is 1.11 bits per heavy atom. The summed E-state index contributed by atoms with van der Waals surface area (Å²) < 4.78 is 1.46. The summed E-state index contributed by atoms with van der Waals surface area (Å²) in [7, 11) is 1.73. The van der Waals surface area contributed by atoms with Gasteiger partial charge in [-0.15, -0.1) is 0 Å². The molecule has 3 rings (SSSR count). The molecule has 0 radical (unpaired) electrons. The number of aromatic nitrogens is 8. The molecule has 0 aromatic carbocycles. The van der Waals surface area contributed by atoms with Gasteiger partial charge in [0.25, 0.3) is 5.95 Å². The van der Waals surface area contributed by atoms with E-state index in [4.69, 9.17) is 5.73 Å². The van der Waals surface area contributed by atoms with Gasteiger partial charge in [-0.1, -0.05) is 25.7 Å². The maximum Gasteiger partial charge on any atom is 0.258 e. The topological polar surface area (TPSA) is 145 Å². The van der Waals surface area contributed by atoms with Crippen molar-refractivity contribution < 1.29 is 0 Å². The summed E-state index contributed by atoms with van der Waals surface area (Å²) in [5.74, 6) is 7.72. The van der Waals surface area contributed by atoms with Crippen LogP contribution in [-0.4, -0.2) is 52.3 Å². The average molecular weight is 379 g/mol. The largest absolute Gasteiger partial charge is 0.368 e. The summed E-state index contributed by atoms with van der Waals surface area (Å²) in [4.78, 5) is 25.0. The molecule has 11 nitrogen and oxygen atoms in total. The molecule has 28 heavy (non-hydrogen) atoms. The third-order valence-corrected chi connectivity index (χ3v) is 4.15. The summed E-state index contributed by atoms with van der Waals surface area (Å²) in [6.45, 7) is 4.09. The van der Waals surface area contributed by atoms with Crippen molar-refractivity contribution >= 4 is 17.8 Å². The number of nitrogens with zero attached hydrogens (tertiary/aromatic N) is 8. The van der Waals surface area contributed by atoms with Gasteiger partial charge >= 0.3 is 0 Å². The van der Waals surface area contributed by atoms with E-state index in [1.54, 1.807) is 19.4 Å². The lowest BCUT2D eigenvalue weighted by Crippen LogP contribution is -2.36. The van der Waals surface area contributed by atoms with Crippen molar-refractivity contribution in [2.24, 2.45) is 0 Å². The Morgan fingerprint density at radius 3 is 2.43 bits per heavy atom. The van der Waals surface area contributed by atoms with E-state index in [1.807, 2.05) is 13.8 Å². The van der Waals surface area contributed by atoms with Crippen molar-refractivity contribution in [1.29, 1.82) is 0 Å². The van der Waals surface area contributed by atoms with Crippen LogP contribution in [0.2, 0.25) is 0 Å². The minimum atomic E-state index is -0.548. The van der Waals surface area contributed by atoms with Crippen LogP contribution in [0.25, 0.3) is 5.95 Å². The van der Waals surface area contributed by atoms with Crippen LogP contribution in [0.15, 0.2) is 25.0 Å². The molecule has 0 spiro atoms. The van der Waals surface area contributed by atoms with Gasteiger partial charge in [0, 0.05) is 19.4 Å². The number of hydrogen-bond acceptors (Lipinski definition) is 10. The number of nitrogen functional groups attached to an aromatic ring is 1. The summed E-state index contributed by atoms with van der Waals surface area (Å²) in [5, 5.41) is 10.3. The van der Waals surface area contributed by atoms with Crippen LogP contribution in [0, 0.1) is 11.8 Å². The van der Waals surface area contributed by atoms with Crippen LogP contribution < -0.4 is 16.4 Å². The molecule has 0 saturated carbocycles. The first kappa shape index (κ1) is 19.0. The van der Waals surface area contributed by atoms with E-state index in [0.717, 1.165) is 12.8 Å². The zero-order chi connectivity index (χ0) is 20.0. The monoisotopic (exact) mass is 379 g/mol. The lowest BCUT2D eigenvalue weighted by atomic mass is 9.93. The number of nitrogens with one attached hydrogen (secondary N) is 2. The third-order valence-electron chi connectivity index (χ3n) is 4.15. The number of anilines is 3. The van der Waals surface area contributed by atoms with Crippen LogP contribution in [0.5, 0.6) is 0 Å². The van der Waals surface area contributed by atoms with E-state index >= 15 is 0 Å². The fourth-order valence-electron chi connectivity index (χ4n) is 2.39. The fourth-order valence-corrected chi connectivity index (χ4v) is 2.39. The first-order valence-electron chi connectivity index (χ1n) is 8.75. The Balaban J connectivity index is 1.94. The van der Waals surface area contributed by atoms with Gasteiger partial charge in [-0.05, 0) is 12.8 Å². The SMILES string of the molecule is CCC(C#Cc1cnc(N)nc1)(CC)Nc1nc(NC)nc(-n2cncn2)n1. The molecular formula is C17H21N11. The Bertz CT molecular complexity index is 967. The molecule has 0 aliphatic heterocycles. The Labute approximate surface area is 162 Å². The van der Waals surface area contributed by atoms with Crippen molar-refractivity contribution in [2.75, 3.05) is 23.4 Å². The lowest BCUT2D eigenvalue weighted by Gasteiger charge is -2.27. The normalized spacial score (nSPS) is 10.8. The predicted molar refractivity (Wildman–Crippen MR) is 105 cm³/mol. The maximum absolute atomic E-state index is 5.52. The lowest BCUT2D eigenvalue weighted by molar-refractivity contribution is 0.549. The van der Waals surface area contributed by atoms with Crippen molar-refractivity contribution in [1.82, 2.24) is 39.7 Å². The van der Waals surface area contributed by atoms with Gasteiger partial charge in [-0.2, -0.15) is 24.7 Å². The smallest absolute Gasteiger partial charge is 0.258 e. The molecule has 11 heteroatoms. The summed E-state index contributed by atoms with van der Waals surface area (Å²) in [5.41, 5.74) is 5.65. The molecule has 0 amide bonds. The molecule has 3 heterocycles. The van der Waals surface area contributed by atoms with Gasteiger partial charge < -0.3 is 16.4 Å². The Hall–Kier alpha value is -3.81. The van der Waals surface area contributed by atoms with Crippen molar-refractivity contribution in [3.8, 4) is 17.8 Å². The van der Waals surface area contributed by atoms with E-state index in [-0.39, 0.29) is 5.95 Å². The van der Waals surface area contributed by atoms with E-state index in [1.165, 1.54) is 17.3 Å². The van der Waals surface area contributed by atoms with Gasteiger partial charge in [-0.3, -0.25) is 0 Å². The second-order valence-corrected chi connectivity index (χ2v) is 5.87. The van der Waals surface area contributed by atoms with Gasteiger partial charge in [-0.25, -0.2) is 15.0 Å². The van der Waals surface area contributed by atoms with Gasteiger partial charge in [0.05, 0.1) is 5.56 Å². The molecule has 0 saturated heterocycles. The molecule has 0 bridgehead atoms. The highest BCUT2D eigenvalue weighted by Gasteiger charge is 2.25. The molecule has 3 aromatic heterocycles.